The summed E-state index contributed by atoms with van der Waals surface area (Å²) in [6.07, 6.45) is -0.110. The summed E-state index contributed by atoms with van der Waals surface area (Å²) in [6.45, 7) is 2.45. The maximum absolute atomic E-state index is 13.5. The van der Waals surface area contributed by atoms with Crippen molar-refractivity contribution in [3.05, 3.63) is 24.0 Å². The number of hydrogen-bond acceptors (Lipinski definition) is 5. The monoisotopic (exact) mass is 269 g/mol. The highest BCUT2D eigenvalue weighted by molar-refractivity contribution is 6.58. The van der Waals surface area contributed by atoms with E-state index in [4.69, 9.17) is 19.5 Å². The smallest absolute Gasteiger partial charge is 0.488 e. The minimum absolute atomic E-state index is 0.00225. The Labute approximate surface area is 111 Å². The molecule has 0 aromatic heterocycles. The number of halogens is 1. The second kappa shape index (κ2) is 6.34. The highest BCUT2D eigenvalue weighted by atomic mass is 19.1. The average molecular weight is 269 g/mol. The summed E-state index contributed by atoms with van der Waals surface area (Å²) in [7, 11) is 0.346. The topological polar surface area (TPSA) is 62.2 Å². The predicted octanol–water partition coefficient (Wildman–Crippen LogP) is -0.785. The lowest BCUT2D eigenvalue weighted by Crippen LogP contribution is -2.42. The van der Waals surface area contributed by atoms with Gasteiger partial charge in [0.15, 0.2) is 11.6 Å². The zero-order valence-electron chi connectivity index (χ0n) is 10.8. The molecule has 0 radical (unpaired) electrons. The van der Waals surface area contributed by atoms with E-state index in [1.807, 2.05) is 7.05 Å². The Kier molecular flexibility index (Phi) is 4.76. The molecule has 19 heavy (non-hydrogen) atoms. The number of likely N-dealkylation sites (N-methyl/N-ethyl adjacent to an activating group) is 1. The van der Waals surface area contributed by atoms with E-state index in [9.17, 15) is 4.39 Å². The third-order valence-corrected chi connectivity index (χ3v) is 3.02. The standard InChI is InChI=1S/C12H17BFNO4/c1-15-4-5-18-10(7-15)8-19-12-6-9(13(16)17)2-3-11(12)14/h2-3,6,10,16-17H,4-5,7-8H2,1H3. The molecule has 0 spiro atoms. The molecule has 1 aliphatic rings. The number of hydrogen-bond donors (Lipinski definition) is 2. The van der Waals surface area contributed by atoms with Crippen molar-refractivity contribution < 1.29 is 23.9 Å². The lowest BCUT2D eigenvalue weighted by molar-refractivity contribution is -0.0408. The second-order valence-electron chi connectivity index (χ2n) is 4.63. The van der Waals surface area contributed by atoms with E-state index < -0.39 is 12.9 Å². The summed E-state index contributed by atoms with van der Waals surface area (Å²) in [6, 6.07) is 3.74. The molecule has 0 saturated carbocycles. The first-order valence-corrected chi connectivity index (χ1v) is 6.15. The molecule has 0 amide bonds. The van der Waals surface area contributed by atoms with Gasteiger partial charge < -0.3 is 24.4 Å². The Morgan fingerprint density at radius 1 is 1.53 bits per heavy atom. The molecule has 1 saturated heterocycles. The number of benzene rings is 1. The molecule has 1 heterocycles. The molecule has 2 N–H and O–H groups in total. The third kappa shape index (κ3) is 3.91. The largest absolute Gasteiger partial charge is 0.488 e. The molecule has 1 fully saturated rings. The number of morpholine rings is 1. The molecule has 1 atom stereocenters. The molecule has 7 heteroatoms. The summed E-state index contributed by atoms with van der Waals surface area (Å²) in [5, 5.41) is 18.1. The summed E-state index contributed by atoms with van der Waals surface area (Å²) in [4.78, 5) is 2.11. The highest BCUT2D eigenvalue weighted by Gasteiger charge is 2.20. The van der Waals surface area contributed by atoms with Crippen LogP contribution in [0.1, 0.15) is 0 Å². The molecular weight excluding hydrogens is 252 g/mol. The van der Waals surface area contributed by atoms with Gasteiger partial charge in [0, 0.05) is 13.1 Å². The lowest BCUT2D eigenvalue weighted by Gasteiger charge is -2.29. The van der Waals surface area contributed by atoms with Crippen molar-refractivity contribution >= 4 is 12.6 Å². The van der Waals surface area contributed by atoms with Crippen molar-refractivity contribution in [3.8, 4) is 5.75 Å². The molecule has 5 nitrogen and oxygen atoms in total. The third-order valence-electron chi connectivity index (χ3n) is 3.02. The van der Waals surface area contributed by atoms with Gasteiger partial charge in [-0.3, -0.25) is 0 Å². The SMILES string of the molecule is CN1CCOC(COc2cc(B(O)O)ccc2F)C1. The van der Waals surface area contributed by atoms with Crippen LogP contribution >= 0.6 is 0 Å². The normalized spacial score (nSPS) is 20.3. The van der Waals surface area contributed by atoms with Crippen LogP contribution in [0.5, 0.6) is 5.75 Å². The quantitative estimate of drug-likeness (QED) is 0.702. The van der Waals surface area contributed by atoms with E-state index in [0.717, 1.165) is 19.2 Å². The van der Waals surface area contributed by atoms with Gasteiger partial charge >= 0.3 is 7.12 Å². The van der Waals surface area contributed by atoms with E-state index >= 15 is 0 Å². The molecule has 1 aromatic carbocycles. The summed E-state index contributed by atoms with van der Waals surface area (Å²) >= 11 is 0. The minimum atomic E-state index is -1.64. The van der Waals surface area contributed by atoms with Gasteiger partial charge in [0.25, 0.3) is 0 Å². The van der Waals surface area contributed by atoms with E-state index in [-0.39, 0.29) is 23.9 Å². The van der Waals surface area contributed by atoms with Crippen LogP contribution in [0.15, 0.2) is 18.2 Å². The number of ether oxygens (including phenoxy) is 2. The van der Waals surface area contributed by atoms with Crippen molar-refractivity contribution in [1.82, 2.24) is 4.90 Å². The minimum Gasteiger partial charge on any atom is -0.488 e. The fraction of sp³-hybridized carbons (Fsp3) is 0.500. The Hall–Kier alpha value is -1.15. The first-order valence-electron chi connectivity index (χ1n) is 6.15. The van der Waals surface area contributed by atoms with E-state index in [2.05, 4.69) is 4.90 Å². The van der Waals surface area contributed by atoms with Gasteiger partial charge in [-0.15, -0.1) is 0 Å². The van der Waals surface area contributed by atoms with Crippen LogP contribution in [-0.4, -0.2) is 61.5 Å². The van der Waals surface area contributed by atoms with Crippen LogP contribution in [0, 0.1) is 5.82 Å². The lowest BCUT2D eigenvalue weighted by atomic mass is 9.80. The van der Waals surface area contributed by atoms with E-state index in [0.29, 0.717) is 6.61 Å². The van der Waals surface area contributed by atoms with Gasteiger partial charge in [-0.05, 0) is 24.6 Å². The van der Waals surface area contributed by atoms with Crippen molar-refractivity contribution in [1.29, 1.82) is 0 Å². The number of rotatable bonds is 4. The zero-order valence-corrected chi connectivity index (χ0v) is 10.8. The molecule has 1 aliphatic heterocycles. The fourth-order valence-corrected chi connectivity index (χ4v) is 1.94. The zero-order chi connectivity index (χ0) is 13.8. The first-order chi connectivity index (χ1) is 9.06. The predicted molar refractivity (Wildman–Crippen MR) is 69.0 cm³/mol. The van der Waals surface area contributed by atoms with Crippen molar-refractivity contribution in [2.45, 2.75) is 6.10 Å². The van der Waals surface area contributed by atoms with E-state index in [1.54, 1.807) is 0 Å². The van der Waals surface area contributed by atoms with Gasteiger partial charge in [-0.2, -0.15) is 0 Å². The van der Waals surface area contributed by atoms with Gasteiger partial charge in [0.05, 0.1) is 6.61 Å². The van der Waals surface area contributed by atoms with E-state index in [1.165, 1.54) is 12.1 Å². The van der Waals surface area contributed by atoms with Crippen LogP contribution in [-0.2, 0) is 4.74 Å². The maximum Gasteiger partial charge on any atom is 0.488 e. The Balaban J connectivity index is 1.96. The Morgan fingerprint density at radius 3 is 3.00 bits per heavy atom. The molecule has 104 valence electrons. The maximum atomic E-state index is 13.5. The highest BCUT2D eigenvalue weighted by Crippen LogP contribution is 2.16. The molecule has 1 unspecified atom stereocenters. The Bertz CT molecular complexity index is 432. The van der Waals surface area contributed by atoms with Gasteiger partial charge in [-0.25, -0.2) is 4.39 Å². The molecular formula is C12H17BFNO4. The molecule has 0 aliphatic carbocycles. The molecule has 2 rings (SSSR count). The van der Waals surface area contributed by atoms with Crippen LogP contribution in [0.2, 0.25) is 0 Å². The molecule has 1 aromatic rings. The van der Waals surface area contributed by atoms with Crippen LogP contribution in [0.4, 0.5) is 4.39 Å². The van der Waals surface area contributed by atoms with Gasteiger partial charge in [0.2, 0.25) is 0 Å². The van der Waals surface area contributed by atoms with Crippen LogP contribution in [0.3, 0.4) is 0 Å². The summed E-state index contributed by atoms with van der Waals surface area (Å²) in [5.41, 5.74) is 0.193. The first kappa shape index (κ1) is 14.3. The second-order valence-corrected chi connectivity index (χ2v) is 4.63. The van der Waals surface area contributed by atoms with Gasteiger partial charge in [-0.1, -0.05) is 6.07 Å². The summed E-state index contributed by atoms with van der Waals surface area (Å²) in [5.74, 6) is -0.531. The average Bonchev–Trinajstić information content (AvgIpc) is 2.37. The van der Waals surface area contributed by atoms with Crippen molar-refractivity contribution in [2.24, 2.45) is 0 Å². The van der Waals surface area contributed by atoms with Crippen molar-refractivity contribution in [2.75, 3.05) is 33.4 Å². The van der Waals surface area contributed by atoms with Crippen molar-refractivity contribution in [3.63, 3.8) is 0 Å². The van der Waals surface area contributed by atoms with Gasteiger partial charge in [0.1, 0.15) is 12.7 Å². The van der Waals surface area contributed by atoms with Crippen LogP contribution in [0.25, 0.3) is 0 Å². The summed E-state index contributed by atoms with van der Waals surface area (Å²) < 4.78 is 24.4. The molecule has 0 bridgehead atoms. The Morgan fingerprint density at radius 2 is 2.32 bits per heavy atom. The van der Waals surface area contributed by atoms with Crippen LogP contribution < -0.4 is 10.2 Å². The fourth-order valence-electron chi connectivity index (χ4n) is 1.94. The number of nitrogens with zero attached hydrogens (tertiary/aromatic N) is 1.